The lowest BCUT2D eigenvalue weighted by Crippen LogP contribution is -2.56. The molecule has 0 aliphatic heterocycles. The smallest absolute Gasteiger partial charge is 0.303 e. The minimum atomic E-state index is -2.01. The minimum Gasteiger partial charge on any atom is -0.452 e. The molecule has 1 heterocycles. The van der Waals surface area contributed by atoms with Crippen molar-refractivity contribution in [1.29, 1.82) is 0 Å². The third-order valence-electron chi connectivity index (χ3n) is 5.77. The first kappa shape index (κ1) is 23.4. The van der Waals surface area contributed by atoms with Crippen molar-refractivity contribution in [2.45, 2.75) is 77.8 Å². The molecule has 1 atom stereocenters. The first-order valence-corrected chi connectivity index (χ1v) is 12.7. The molecule has 2 rings (SSSR count). The van der Waals surface area contributed by atoms with E-state index in [-0.39, 0.29) is 12.6 Å². The molecular formula is C23H35NO4Si. The van der Waals surface area contributed by atoms with Crippen LogP contribution >= 0.6 is 0 Å². The van der Waals surface area contributed by atoms with Crippen LogP contribution in [0.5, 0.6) is 0 Å². The summed E-state index contributed by atoms with van der Waals surface area (Å²) in [4.78, 5) is 16.4. The predicted molar refractivity (Wildman–Crippen MR) is 118 cm³/mol. The highest BCUT2D eigenvalue weighted by Gasteiger charge is 2.49. The summed E-state index contributed by atoms with van der Waals surface area (Å²) in [6, 6.07) is 9.91. The van der Waals surface area contributed by atoms with Gasteiger partial charge >= 0.3 is 5.97 Å². The van der Waals surface area contributed by atoms with Crippen LogP contribution in [0.4, 0.5) is 0 Å². The Bertz CT molecular complexity index is 748. The molecule has 0 amide bonds. The van der Waals surface area contributed by atoms with E-state index >= 15 is 0 Å². The number of ether oxygens (including phenoxy) is 2. The normalized spacial score (nSPS) is 13.3. The minimum absolute atomic E-state index is 0.225. The second-order valence-electron chi connectivity index (χ2n) is 8.56. The van der Waals surface area contributed by atoms with Crippen LogP contribution in [-0.4, -0.2) is 25.6 Å². The number of nitrogens with zero attached hydrogens (tertiary/aromatic N) is 1. The monoisotopic (exact) mass is 417 g/mol. The van der Waals surface area contributed by atoms with Gasteiger partial charge in [-0.1, -0.05) is 71.9 Å². The van der Waals surface area contributed by atoms with Gasteiger partial charge in [-0.25, -0.2) is 4.98 Å². The molecule has 0 N–H and O–H groups in total. The van der Waals surface area contributed by atoms with Gasteiger partial charge in [-0.2, -0.15) is 0 Å². The summed E-state index contributed by atoms with van der Waals surface area (Å²) in [5, 5.41) is 0. The highest BCUT2D eigenvalue weighted by molar-refractivity contribution is 6.93. The molecule has 0 fully saturated rings. The second kappa shape index (κ2) is 10.2. The third kappa shape index (κ3) is 5.37. The fourth-order valence-electron chi connectivity index (χ4n) is 4.61. The Morgan fingerprint density at radius 3 is 2.14 bits per heavy atom. The van der Waals surface area contributed by atoms with Gasteiger partial charge < -0.3 is 13.9 Å². The topological polar surface area (TPSA) is 61.6 Å². The predicted octanol–water partition coefficient (Wildman–Crippen LogP) is 5.38. The Balaban J connectivity index is 2.24. The van der Waals surface area contributed by atoms with Crippen LogP contribution in [0.15, 0.2) is 40.9 Å². The summed E-state index contributed by atoms with van der Waals surface area (Å²) in [7, 11) is -2.01. The van der Waals surface area contributed by atoms with E-state index in [0.29, 0.717) is 29.0 Å². The zero-order valence-electron chi connectivity index (χ0n) is 18.8. The number of hydrogen-bond acceptors (Lipinski definition) is 5. The van der Waals surface area contributed by atoms with Gasteiger partial charge in [-0.05, 0) is 22.2 Å². The number of rotatable bonds is 10. The van der Waals surface area contributed by atoms with Crippen molar-refractivity contribution in [3.05, 3.63) is 47.9 Å². The molecule has 0 saturated carbocycles. The van der Waals surface area contributed by atoms with Gasteiger partial charge in [0.05, 0.1) is 19.4 Å². The number of oxazole rings is 1. The van der Waals surface area contributed by atoms with Crippen molar-refractivity contribution in [2.24, 2.45) is 0 Å². The molecule has 1 aromatic heterocycles. The molecule has 1 aromatic carbocycles. The van der Waals surface area contributed by atoms with Crippen molar-refractivity contribution in [1.82, 2.24) is 4.98 Å². The lowest BCUT2D eigenvalue weighted by molar-refractivity contribution is -0.151. The molecule has 0 aliphatic rings. The van der Waals surface area contributed by atoms with E-state index in [2.05, 4.69) is 41.5 Å². The van der Waals surface area contributed by atoms with Crippen LogP contribution in [0.2, 0.25) is 16.6 Å². The Labute approximate surface area is 175 Å². The molecular weight excluding hydrogens is 382 g/mol. The van der Waals surface area contributed by atoms with E-state index in [1.54, 1.807) is 6.20 Å². The van der Waals surface area contributed by atoms with Crippen molar-refractivity contribution >= 4 is 19.6 Å². The Morgan fingerprint density at radius 1 is 1.03 bits per heavy atom. The summed E-state index contributed by atoms with van der Waals surface area (Å²) < 4.78 is 17.6. The van der Waals surface area contributed by atoms with Gasteiger partial charge in [0.25, 0.3) is 0 Å². The molecule has 2 aromatic rings. The lowest BCUT2D eigenvalue weighted by Gasteiger charge is -2.39. The summed E-state index contributed by atoms with van der Waals surface area (Å²) in [6.45, 7) is 15.7. The summed E-state index contributed by atoms with van der Waals surface area (Å²) in [5.41, 5.74) is 3.35. The maximum atomic E-state index is 11.7. The standard InChI is InChI=1S/C23H35NO4Si/c1-16(2)29(17(3)4,18(5)6)23-24-13-21(28-23)22(27-19(7)25)15-26-14-20-11-9-8-10-12-20/h8-13,16-18,22H,14-15H2,1-7H3. The van der Waals surface area contributed by atoms with Gasteiger partial charge in [0.1, 0.15) is 0 Å². The van der Waals surface area contributed by atoms with Crippen molar-refractivity contribution in [2.75, 3.05) is 6.61 Å². The van der Waals surface area contributed by atoms with Gasteiger partial charge in [0.15, 0.2) is 25.5 Å². The molecule has 5 nitrogen and oxygen atoms in total. The molecule has 0 spiro atoms. The van der Waals surface area contributed by atoms with Crippen molar-refractivity contribution < 1.29 is 18.7 Å². The number of esters is 1. The van der Waals surface area contributed by atoms with Crippen LogP contribution in [-0.2, 0) is 20.9 Å². The third-order valence-corrected chi connectivity index (χ3v) is 12.5. The first-order valence-electron chi connectivity index (χ1n) is 10.4. The Morgan fingerprint density at radius 2 is 1.62 bits per heavy atom. The van der Waals surface area contributed by atoms with E-state index in [9.17, 15) is 4.79 Å². The molecule has 6 heteroatoms. The first-order chi connectivity index (χ1) is 13.7. The van der Waals surface area contributed by atoms with E-state index in [0.717, 1.165) is 11.1 Å². The Kier molecular flexibility index (Phi) is 8.22. The molecule has 0 aliphatic carbocycles. The molecule has 0 saturated heterocycles. The largest absolute Gasteiger partial charge is 0.452 e. The average Bonchev–Trinajstić information content (AvgIpc) is 3.11. The number of aromatic nitrogens is 1. The highest BCUT2D eigenvalue weighted by atomic mass is 28.3. The Hall–Kier alpha value is -1.92. The summed E-state index contributed by atoms with van der Waals surface area (Å²) in [5.74, 6) is 0.193. The van der Waals surface area contributed by atoms with E-state index in [1.807, 2.05) is 30.3 Å². The summed E-state index contributed by atoms with van der Waals surface area (Å²) >= 11 is 0. The maximum Gasteiger partial charge on any atom is 0.303 e. The molecule has 0 bridgehead atoms. The SMILES string of the molecule is CC(=O)OC(COCc1ccccc1)c1cnc([Si](C(C)C)(C(C)C)C(C)C)o1. The van der Waals surface area contributed by atoms with Crippen LogP contribution in [0.1, 0.15) is 65.9 Å². The van der Waals surface area contributed by atoms with Gasteiger partial charge in [-0.15, -0.1) is 0 Å². The fraction of sp³-hybridized carbons (Fsp3) is 0.565. The van der Waals surface area contributed by atoms with E-state index in [1.165, 1.54) is 6.92 Å². The van der Waals surface area contributed by atoms with Crippen LogP contribution in [0.3, 0.4) is 0 Å². The number of carbonyl (C=O) groups excluding carboxylic acids is 1. The highest BCUT2D eigenvalue weighted by Crippen LogP contribution is 2.41. The van der Waals surface area contributed by atoms with Gasteiger partial charge in [0, 0.05) is 6.92 Å². The number of hydrogen-bond donors (Lipinski definition) is 0. The van der Waals surface area contributed by atoms with Crippen LogP contribution < -0.4 is 5.51 Å². The fourth-order valence-corrected chi connectivity index (χ4v) is 10.7. The second-order valence-corrected chi connectivity index (χ2v) is 14.3. The summed E-state index contributed by atoms with van der Waals surface area (Å²) in [6.07, 6.45) is 1.11. The van der Waals surface area contributed by atoms with Crippen molar-refractivity contribution in [3.63, 3.8) is 0 Å². The lowest BCUT2D eigenvalue weighted by atomic mass is 10.2. The maximum absolute atomic E-state index is 11.7. The zero-order valence-corrected chi connectivity index (χ0v) is 19.8. The average molecular weight is 418 g/mol. The van der Waals surface area contributed by atoms with Crippen molar-refractivity contribution in [3.8, 4) is 0 Å². The molecule has 160 valence electrons. The van der Waals surface area contributed by atoms with Crippen LogP contribution in [0.25, 0.3) is 0 Å². The van der Waals surface area contributed by atoms with Gasteiger partial charge in [0.2, 0.25) is 0 Å². The van der Waals surface area contributed by atoms with Gasteiger partial charge in [-0.3, -0.25) is 4.79 Å². The number of carbonyl (C=O) groups is 1. The van der Waals surface area contributed by atoms with E-state index < -0.39 is 14.2 Å². The zero-order chi connectivity index (χ0) is 21.6. The van der Waals surface area contributed by atoms with E-state index in [4.69, 9.17) is 18.9 Å². The molecule has 0 radical (unpaired) electrons. The van der Waals surface area contributed by atoms with Crippen LogP contribution in [0, 0.1) is 0 Å². The molecule has 1 unspecified atom stereocenters. The quantitative estimate of drug-likeness (QED) is 0.383. The molecule has 29 heavy (non-hydrogen) atoms. The number of benzene rings is 1.